The zero-order valence-electron chi connectivity index (χ0n) is 11.3. The third-order valence-electron chi connectivity index (χ3n) is 4.00. The summed E-state index contributed by atoms with van der Waals surface area (Å²) in [6.07, 6.45) is 1.23. The maximum atomic E-state index is 3.76. The molecule has 0 bridgehead atoms. The lowest BCUT2D eigenvalue weighted by Gasteiger charge is -2.21. The lowest BCUT2D eigenvalue weighted by atomic mass is 9.99. The predicted molar refractivity (Wildman–Crippen MR) is 85.2 cm³/mol. The fourth-order valence-corrected chi connectivity index (χ4v) is 3.40. The largest absolute Gasteiger partial charge is 0.306 e. The van der Waals surface area contributed by atoms with Crippen LogP contribution in [0.1, 0.15) is 24.9 Å². The normalized spacial score (nSPS) is 21.9. The molecule has 19 heavy (non-hydrogen) atoms. The standard InChI is InChI=1S/C16H21N2P/c1-12(17-14-9-10-18(19)11-14)15-8-4-6-13-5-2-3-7-16(13)15/h2-8,12,14,17H,9-11,19H2,1H3/t12?,14-/m0/s1. The molecule has 1 saturated heterocycles. The van der Waals surface area contributed by atoms with E-state index in [1.165, 1.54) is 29.3 Å². The van der Waals surface area contributed by atoms with E-state index in [4.69, 9.17) is 0 Å². The summed E-state index contributed by atoms with van der Waals surface area (Å²) in [7, 11) is 2.80. The fraction of sp³-hybridized carbons (Fsp3) is 0.375. The SMILES string of the molecule is CC(N[C@H]1CCN(P)C1)c1cccc2ccccc12. The molecule has 3 rings (SSSR count). The quantitative estimate of drug-likeness (QED) is 0.862. The lowest BCUT2D eigenvalue weighted by Crippen LogP contribution is -2.32. The average Bonchev–Trinajstić information content (AvgIpc) is 2.83. The Morgan fingerprint density at radius 2 is 2.00 bits per heavy atom. The number of hydrogen-bond donors (Lipinski definition) is 1. The Morgan fingerprint density at radius 3 is 2.79 bits per heavy atom. The Bertz CT molecular complexity index is 564. The van der Waals surface area contributed by atoms with Crippen molar-refractivity contribution in [2.45, 2.75) is 25.4 Å². The van der Waals surface area contributed by atoms with Gasteiger partial charge in [-0.15, -0.1) is 0 Å². The van der Waals surface area contributed by atoms with Gasteiger partial charge in [-0.1, -0.05) is 51.9 Å². The molecule has 0 aromatic heterocycles. The minimum absolute atomic E-state index is 0.396. The van der Waals surface area contributed by atoms with E-state index in [0.717, 1.165) is 6.54 Å². The van der Waals surface area contributed by atoms with Crippen LogP contribution >= 0.6 is 9.39 Å². The second-order valence-corrected chi connectivity index (χ2v) is 6.17. The monoisotopic (exact) mass is 272 g/mol. The molecular formula is C16H21N2P. The van der Waals surface area contributed by atoms with Crippen LogP contribution in [-0.2, 0) is 0 Å². The predicted octanol–water partition coefficient (Wildman–Crippen LogP) is 3.35. The van der Waals surface area contributed by atoms with Crippen molar-refractivity contribution in [1.82, 2.24) is 9.99 Å². The molecule has 2 nitrogen and oxygen atoms in total. The molecule has 3 atom stereocenters. The first-order valence-electron chi connectivity index (χ1n) is 6.97. The highest BCUT2D eigenvalue weighted by molar-refractivity contribution is 7.13. The number of rotatable bonds is 3. The van der Waals surface area contributed by atoms with Gasteiger partial charge >= 0.3 is 0 Å². The molecule has 100 valence electrons. The number of fused-ring (bicyclic) bond motifs is 1. The summed E-state index contributed by atoms with van der Waals surface area (Å²) in [5.74, 6) is 0. The van der Waals surface area contributed by atoms with Crippen molar-refractivity contribution in [3.8, 4) is 0 Å². The van der Waals surface area contributed by atoms with Gasteiger partial charge in [-0.3, -0.25) is 4.67 Å². The van der Waals surface area contributed by atoms with Crippen LogP contribution < -0.4 is 5.32 Å². The van der Waals surface area contributed by atoms with E-state index in [2.05, 4.69) is 68.8 Å². The topological polar surface area (TPSA) is 15.3 Å². The van der Waals surface area contributed by atoms with Crippen molar-refractivity contribution < 1.29 is 0 Å². The minimum Gasteiger partial charge on any atom is -0.306 e. The van der Waals surface area contributed by atoms with Gasteiger partial charge in [0.15, 0.2) is 0 Å². The molecular weight excluding hydrogens is 251 g/mol. The molecule has 1 heterocycles. The second kappa shape index (κ2) is 5.58. The second-order valence-electron chi connectivity index (χ2n) is 5.44. The first-order chi connectivity index (χ1) is 9.24. The van der Waals surface area contributed by atoms with Crippen LogP contribution in [0.25, 0.3) is 10.8 Å². The highest BCUT2D eigenvalue weighted by Crippen LogP contribution is 2.25. The Kier molecular flexibility index (Phi) is 3.83. The molecule has 1 N–H and O–H groups in total. The first-order valence-corrected chi connectivity index (χ1v) is 7.49. The Morgan fingerprint density at radius 1 is 1.21 bits per heavy atom. The van der Waals surface area contributed by atoms with E-state index in [-0.39, 0.29) is 0 Å². The zero-order chi connectivity index (χ0) is 13.2. The van der Waals surface area contributed by atoms with Crippen molar-refractivity contribution >= 4 is 20.2 Å². The van der Waals surface area contributed by atoms with Gasteiger partial charge in [0, 0.05) is 25.2 Å². The van der Waals surface area contributed by atoms with Crippen LogP contribution in [0.15, 0.2) is 42.5 Å². The molecule has 0 saturated carbocycles. The summed E-state index contributed by atoms with van der Waals surface area (Å²) in [5.41, 5.74) is 1.40. The van der Waals surface area contributed by atoms with Gasteiger partial charge in [-0.25, -0.2) is 0 Å². The van der Waals surface area contributed by atoms with Crippen molar-refractivity contribution in [3.63, 3.8) is 0 Å². The minimum atomic E-state index is 0.396. The average molecular weight is 272 g/mol. The fourth-order valence-electron chi connectivity index (χ4n) is 2.99. The molecule has 1 aliphatic rings. The summed E-state index contributed by atoms with van der Waals surface area (Å²) in [4.78, 5) is 0. The first kappa shape index (κ1) is 13.1. The molecule has 3 heteroatoms. The van der Waals surface area contributed by atoms with E-state index in [1.54, 1.807) is 0 Å². The van der Waals surface area contributed by atoms with Crippen LogP contribution in [-0.4, -0.2) is 23.8 Å². The molecule has 0 amide bonds. The van der Waals surface area contributed by atoms with Crippen molar-refractivity contribution in [2.75, 3.05) is 13.1 Å². The smallest absolute Gasteiger partial charge is 0.0301 e. The number of hydrogen-bond acceptors (Lipinski definition) is 2. The summed E-state index contributed by atoms with van der Waals surface area (Å²) >= 11 is 0. The Hall–Kier alpha value is -0.950. The van der Waals surface area contributed by atoms with E-state index >= 15 is 0 Å². The molecule has 0 spiro atoms. The number of nitrogens with one attached hydrogen (secondary N) is 1. The molecule has 1 fully saturated rings. The Labute approximate surface area is 117 Å². The maximum Gasteiger partial charge on any atom is 0.0301 e. The van der Waals surface area contributed by atoms with Gasteiger partial charge in [0.2, 0.25) is 0 Å². The van der Waals surface area contributed by atoms with E-state index in [0.29, 0.717) is 12.1 Å². The van der Waals surface area contributed by atoms with E-state index < -0.39 is 0 Å². The van der Waals surface area contributed by atoms with E-state index in [1.807, 2.05) is 0 Å². The van der Waals surface area contributed by atoms with Crippen LogP contribution in [0.4, 0.5) is 0 Å². The van der Waals surface area contributed by atoms with Crippen molar-refractivity contribution in [1.29, 1.82) is 0 Å². The molecule has 0 radical (unpaired) electrons. The van der Waals surface area contributed by atoms with Crippen molar-refractivity contribution in [2.24, 2.45) is 0 Å². The van der Waals surface area contributed by atoms with E-state index in [9.17, 15) is 0 Å². The zero-order valence-corrected chi connectivity index (χ0v) is 12.5. The lowest BCUT2D eigenvalue weighted by molar-refractivity contribution is 0.461. The molecule has 2 unspecified atom stereocenters. The molecule has 2 aromatic carbocycles. The van der Waals surface area contributed by atoms with Crippen LogP contribution in [0.3, 0.4) is 0 Å². The third kappa shape index (κ3) is 2.81. The summed E-state index contributed by atoms with van der Waals surface area (Å²) < 4.78 is 2.31. The third-order valence-corrected chi connectivity index (χ3v) is 4.46. The molecule has 2 aromatic rings. The van der Waals surface area contributed by atoms with Gasteiger partial charge in [0.1, 0.15) is 0 Å². The van der Waals surface area contributed by atoms with Crippen LogP contribution in [0.2, 0.25) is 0 Å². The van der Waals surface area contributed by atoms with Crippen LogP contribution in [0, 0.1) is 0 Å². The molecule has 1 aliphatic heterocycles. The van der Waals surface area contributed by atoms with Gasteiger partial charge in [0.25, 0.3) is 0 Å². The summed E-state index contributed by atoms with van der Waals surface area (Å²) in [6, 6.07) is 16.2. The van der Waals surface area contributed by atoms with Gasteiger partial charge < -0.3 is 5.32 Å². The summed E-state index contributed by atoms with van der Waals surface area (Å²) in [6.45, 7) is 4.57. The highest BCUT2D eigenvalue weighted by atomic mass is 31.0. The Balaban J connectivity index is 1.83. The number of benzene rings is 2. The summed E-state index contributed by atoms with van der Waals surface area (Å²) in [5, 5.41) is 6.46. The van der Waals surface area contributed by atoms with Crippen LogP contribution in [0.5, 0.6) is 0 Å². The van der Waals surface area contributed by atoms with Crippen molar-refractivity contribution in [3.05, 3.63) is 48.0 Å². The maximum absolute atomic E-state index is 3.76. The van der Waals surface area contributed by atoms with Gasteiger partial charge in [-0.2, -0.15) is 0 Å². The van der Waals surface area contributed by atoms with Gasteiger partial charge in [0.05, 0.1) is 0 Å². The van der Waals surface area contributed by atoms with Gasteiger partial charge in [-0.05, 0) is 29.7 Å². The number of nitrogens with zero attached hydrogens (tertiary/aromatic N) is 1. The highest BCUT2D eigenvalue weighted by Gasteiger charge is 2.21. The molecule has 0 aliphatic carbocycles.